The van der Waals surface area contributed by atoms with Gasteiger partial charge < -0.3 is 30.7 Å². The molecule has 11 nitrogen and oxygen atoms in total. The lowest BCUT2D eigenvalue weighted by Gasteiger charge is -2.26. The summed E-state index contributed by atoms with van der Waals surface area (Å²) in [5, 5.41) is 16.9. The molecule has 11 heteroatoms. The number of hydrogen-bond acceptors (Lipinski definition) is 6. The van der Waals surface area contributed by atoms with Crippen LogP contribution in [0.5, 0.6) is 0 Å². The van der Waals surface area contributed by atoms with E-state index in [0.29, 0.717) is 19.4 Å². The van der Waals surface area contributed by atoms with Gasteiger partial charge >= 0.3 is 12.1 Å². The number of aliphatic carboxylic acids is 1. The summed E-state index contributed by atoms with van der Waals surface area (Å²) in [4.78, 5) is 63.1. The normalized spacial score (nSPS) is 16.1. The smallest absolute Gasteiger partial charge is 0.407 e. The van der Waals surface area contributed by atoms with Crippen molar-refractivity contribution in [2.24, 2.45) is 0 Å². The van der Waals surface area contributed by atoms with Crippen LogP contribution < -0.4 is 16.0 Å². The van der Waals surface area contributed by atoms with Gasteiger partial charge in [-0.25, -0.2) is 9.59 Å². The largest absolute Gasteiger partial charge is 0.480 e. The zero-order chi connectivity index (χ0) is 27.5. The maximum absolute atomic E-state index is 12.9. The number of ether oxygens (including phenoxy) is 1. The number of hydrogen-bond donors (Lipinski definition) is 4. The van der Waals surface area contributed by atoms with Gasteiger partial charge in [-0.2, -0.15) is 0 Å². The Kier molecular flexibility index (Phi) is 10.2. The summed E-state index contributed by atoms with van der Waals surface area (Å²) < 4.78 is 5.09. The second-order valence-corrected chi connectivity index (χ2v) is 8.98. The summed E-state index contributed by atoms with van der Waals surface area (Å²) in [5.41, 5.74) is 1.55. The summed E-state index contributed by atoms with van der Waals surface area (Å²) in [6.45, 7) is 1.49. The summed E-state index contributed by atoms with van der Waals surface area (Å²) >= 11 is 0. The van der Waals surface area contributed by atoms with Gasteiger partial charge in [-0.15, -0.1) is 0 Å². The first kappa shape index (κ1) is 28.2. The maximum Gasteiger partial charge on any atom is 0.407 e. The molecule has 0 radical (unpaired) electrons. The van der Waals surface area contributed by atoms with Crippen LogP contribution in [0.4, 0.5) is 4.79 Å². The maximum atomic E-state index is 12.9. The van der Waals surface area contributed by atoms with Crippen LogP contribution in [-0.4, -0.2) is 71.0 Å². The Hall–Kier alpha value is -4.41. The van der Waals surface area contributed by atoms with Gasteiger partial charge in [-0.1, -0.05) is 60.7 Å². The van der Waals surface area contributed by atoms with Gasteiger partial charge in [0.15, 0.2) is 0 Å². The van der Waals surface area contributed by atoms with Crippen molar-refractivity contribution in [3.8, 4) is 0 Å². The molecule has 2 aromatic rings. The van der Waals surface area contributed by atoms with Crippen molar-refractivity contribution in [3.63, 3.8) is 0 Å². The number of benzene rings is 2. The van der Waals surface area contributed by atoms with E-state index in [-0.39, 0.29) is 19.6 Å². The number of carboxylic acid groups (broad SMARTS) is 1. The minimum atomic E-state index is -1.19. The number of likely N-dealkylation sites (tertiary alicyclic amines) is 1. The third-order valence-electron chi connectivity index (χ3n) is 6.12. The number of carbonyl (C=O) groups excluding carboxylic acids is 4. The number of alkyl carbamates (subject to hydrolysis) is 1. The molecule has 2 aromatic carbocycles. The van der Waals surface area contributed by atoms with Gasteiger partial charge in [0.2, 0.25) is 17.7 Å². The number of nitrogens with zero attached hydrogens (tertiary/aromatic N) is 1. The monoisotopic (exact) mass is 524 g/mol. The molecule has 1 heterocycles. The fourth-order valence-electron chi connectivity index (χ4n) is 4.08. The van der Waals surface area contributed by atoms with Crippen molar-refractivity contribution in [1.29, 1.82) is 0 Å². The van der Waals surface area contributed by atoms with Crippen LogP contribution in [0.3, 0.4) is 0 Å². The molecule has 3 rings (SSSR count). The van der Waals surface area contributed by atoms with Gasteiger partial charge in [-0.05, 0) is 30.9 Å². The molecule has 38 heavy (non-hydrogen) atoms. The topological polar surface area (TPSA) is 154 Å². The average molecular weight is 525 g/mol. The predicted molar refractivity (Wildman–Crippen MR) is 137 cm³/mol. The van der Waals surface area contributed by atoms with Crippen LogP contribution in [0.15, 0.2) is 60.7 Å². The van der Waals surface area contributed by atoms with Crippen molar-refractivity contribution in [2.45, 2.75) is 50.9 Å². The Bertz CT molecular complexity index is 1130. The summed E-state index contributed by atoms with van der Waals surface area (Å²) in [5.74, 6) is -2.83. The second kappa shape index (κ2) is 13.8. The van der Waals surface area contributed by atoms with Gasteiger partial charge in [-0.3, -0.25) is 14.4 Å². The minimum Gasteiger partial charge on any atom is -0.480 e. The van der Waals surface area contributed by atoms with Gasteiger partial charge in [0.1, 0.15) is 31.3 Å². The first-order chi connectivity index (χ1) is 18.2. The minimum absolute atomic E-state index is 0.0592. The molecule has 0 spiro atoms. The van der Waals surface area contributed by atoms with Gasteiger partial charge in [0.25, 0.3) is 0 Å². The van der Waals surface area contributed by atoms with Crippen LogP contribution in [0.2, 0.25) is 0 Å². The molecule has 1 aliphatic rings. The number of amides is 4. The molecule has 3 atom stereocenters. The van der Waals surface area contributed by atoms with E-state index in [0.717, 1.165) is 11.1 Å². The molecule has 0 bridgehead atoms. The summed E-state index contributed by atoms with van der Waals surface area (Å²) in [7, 11) is 0. The van der Waals surface area contributed by atoms with E-state index < -0.39 is 47.9 Å². The van der Waals surface area contributed by atoms with Crippen LogP contribution in [-0.2, 0) is 36.9 Å². The molecule has 1 aliphatic heterocycles. The van der Waals surface area contributed by atoms with E-state index in [4.69, 9.17) is 4.74 Å². The summed E-state index contributed by atoms with van der Waals surface area (Å²) in [6.07, 6.45) is 0.321. The highest BCUT2D eigenvalue weighted by Gasteiger charge is 2.35. The highest BCUT2D eigenvalue weighted by molar-refractivity contribution is 5.94. The third-order valence-corrected chi connectivity index (χ3v) is 6.12. The average Bonchev–Trinajstić information content (AvgIpc) is 3.41. The van der Waals surface area contributed by atoms with E-state index in [1.54, 1.807) is 42.5 Å². The van der Waals surface area contributed by atoms with Gasteiger partial charge in [0, 0.05) is 13.0 Å². The van der Waals surface area contributed by atoms with Crippen molar-refractivity contribution in [2.75, 3.05) is 13.1 Å². The van der Waals surface area contributed by atoms with Crippen molar-refractivity contribution in [1.82, 2.24) is 20.9 Å². The van der Waals surface area contributed by atoms with Crippen molar-refractivity contribution < 1.29 is 33.8 Å². The van der Waals surface area contributed by atoms with Crippen molar-refractivity contribution in [3.05, 3.63) is 71.8 Å². The lowest BCUT2D eigenvalue weighted by Crippen LogP contribution is -2.55. The predicted octanol–water partition coefficient (Wildman–Crippen LogP) is 1.22. The molecule has 0 aliphatic carbocycles. The van der Waals surface area contributed by atoms with Crippen molar-refractivity contribution >= 4 is 29.8 Å². The molecule has 1 fully saturated rings. The molecule has 1 saturated heterocycles. The molecular weight excluding hydrogens is 492 g/mol. The third kappa shape index (κ3) is 8.32. The standard InChI is InChI=1S/C27H32N4O7/c1-18(24(33)30-21(26(35)36)15-19-9-4-2-5-10-19)29-25(34)22-13-8-14-31(22)23(32)16-28-27(37)38-17-20-11-6-3-7-12-20/h2-7,9-12,18,21-22H,8,13-17H2,1H3,(H,28,37)(H,29,34)(H,30,33)(H,35,36)/t18-,21-,22-/m0/s1. The number of carbonyl (C=O) groups is 5. The molecule has 4 N–H and O–H groups in total. The zero-order valence-electron chi connectivity index (χ0n) is 21.1. The van der Waals surface area contributed by atoms with Gasteiger partial charge in [0.05, 0.1) is 0 Å². The molecule has 0 unspecified atom stereocenters. The lowest BCUT2D eigenvalue weighted by atomic mass is 10.1. The Morgan fingerprint density at radius 2 is 1.61 bits per heavy atom. The lowest BCUT2D eigenvalue weighted by molar-refractivity contribution is -0.142. The fraction of sp³-hybridized carbons (Fsp3) is 0.370. The fourth-order valence-corrected chi connectivity index (χ4v) is 4.08. The molecule has 0 aromatic heterocycles. The van der Waals surface area contributed by atoms with Crippen LogP contribution in [0.25, 0.3) is 0 Å². The van der Waals surface area contributed by atoms with E-state index in [2.05, 4.69) is 16.0 Å². The highest BCUT2D eigenvalue weighted by Crippen LogP contribution is 2.17. The number of nitrogens with one attached hydrogen (secondary N) is 3. The highest BCUT2D eigenvalue weighted by atomic mass is 16.5. The number of rotatable bonds is 11. The molecule has 202 valence electrons. The quantitative estimate of drug-likeness (QED) is 0.345. The zero-order valence-corrected chi connectivity index (χ0v) is 21.1. The van der Waals surface area contributed by atoms with Crippen LogP contribution >= 0.6 is 0 Å². The Morgan fingerprint density at radius 1 is 0.974 bits per heavy atom. The van der Waals surface area contributed by atoms with E-state index in [9.17, 15) is 29.1 Å². The Balaban J connectivity index is 1.46. The SMILES string of the molecule is C[C@H](NC(=O)[C@@H]1CCCN1C(=O)CNC(=O)OCc1ccccc1)C(=O)N[C@@H](Cc1ccccc1)C(=O)O. The van der Waals surface area contributed by atoms with E-state index in [1.807, 2.05) is 18.2 Å². The Labute approximate surface area is 220 Å². The number of carboxylic acids is 1. The molecule has 4 amide bonds. The molecule has 0 saturated carbocycles. The van der Waals surface area contributed by atoms with E-state index in [1.165, 1.54) is 11.8 Å². The summed E-state index contributed by atoms with van der Waals surface area (Å²) in [6, 6.07) is 15.0. The van der Waals surface area contributed by atoms with Crippen LogP contribution in [0, 0.1) is 0 Å². The first-order valence-electron chi connectivity index (χ1n) is 12.4. The first-order valence-corrected chi connectivity index (χ1v) is 12.4. The second-order valence-electron chi connectivity index (χ2n) is 8.98. The molecular formula is C27H32N4O7. The van der Waals surface area contributed by atoms with E-state index >= 15 is 0 Å². The van der Waals surface area contributed by atoms with Crippen LogP contribution in [0.1, 0.15) is 30.9 Å². The Morgan fingerprint density at radius 3 is 2.24 bits per heavy atom.